The van der Waals surface area contributed by atoms with Gasteiger partial charge >= 0.3 is 0 Å². The summed E-state index contributed by atoms with van der Waals surface area (Å²) in [5.41, 5.74) is 1.96. The predicted octanol–water partition coefficient (Wildman–Crippen LogP) is 3.58. The molecular weight excluding hydrogens is 370 g/mol. The number of hydrogen-bond donors (Lipinski definition) is 2. The predicted molar refractivity (Wildman–Crippen MR) is 117 cm³/mol. The van der Waals surface area contributed by atoms with Crippen molar-refractivity contribution in [3.63, 3.8) is 0 Å². The Balaban J connectivity index is 1.55. The van der Waals surface area contributed by atoms with Gasteiger partial charge in [-0.1, -0.05) is 45.2 Å². The van der Waals surface area contributed by atoms with Crippen molar-refractivity contribution in [2.24, 2.45) is 5.92 Å². The first-order valence-electron chi connectivity index (χ1n) is 10.8. The summed E-state index contributed by atoms with van der Waals surface area (Å²) in [5.74, 6) is 0.518. The summed E-state index contributed by atoms with van der Waals surface area (Å²) >= 11 is 0. The molecule has 28 heavy (non-hydrogen) atoms. The van der Waals surface area contributed by atoms with Gasteiger partial charge in [-0.3, -0.25) is 4.72 Å². The van der Waals surface area contributed by atoms with E-state index >= 15 is 0 Å². The smallest absolute Gasteiger partial charge is 0.229 e. The van der Waals surface area contributed by atoms with Gasteiger partial charge in [-0.05, 0) is 54.8 Å². The molecule has 6 heteroatoms. The van der Waals surface area contributed by atoms with Crippen molar-refractivity contribution in [2.45, 2.75) is 63.8 Å². The molecule has 0 spiro atoms. The van der Waals surface area contributed by atoms with Crippen LogP contribution in [0.2, 0.25) is 0 Å². The first-order chi connectivity index (χ1) is 13.3. The highest BCUT2D eigenvalue weighted by Gasteiger charge is 2.38. The van der Waals surface area contributed by atoms with Crippen molar-refractivity contribution in [1.29, 1.82) is 0 Å². The molecule has 0 radical (unpaired) electrons. The first-order valence-corrected chi connectivity index (χ1v) is 12.7. The van der Waals surface area contributed by atoms with Gasteiger partial charge < -0.3 is 10.2 Å². The fraction of sp³-hybridized carbons (Fsp3) is 0.727. The van der Waals surface area contributed by atoms with Crippen molar-refractivity contribution in [3.05, 3.63) is 29.8 Å². The Labute approximate surface area is 171 Å². The van der Waals surface area contributed by atoms with E-state index in [9.17, 15) is 8.42 Å². The monoisotopic (exact) mass is 407 g/mol. The molecule has 2 atom stereocenters. The van der Waals surface area contributed by atoms with Crippen molar-refractivity contribution < 1.29 is 8.42 Å². The molecule has 2 N–H and O–H groups in total. The number of rotatable bonds is 7. The molecule has 1 aromatic carbocycles. The molecule has 5 nitrogen and oxygen atoms in total. The van der Waals surface area contributed by atoms with Gasteiger partial charge in [0.15, 0.2) is 0 Å². The summed E-state index contributed by atoms with van der Waals surface area (Å²) in [7, 11) is -3.25. The van der Waals surface area contributed by atoms with E-state index in [1.54, 1.807) is 0 Å². The van der Waals surface area contributed by atoms with E-state index in [2.05, 4.69) is 34.9 Å². The van der Waals surface area contributed by atoms with Gasteiger partial charge in [-0.25, -0.2) is 8.42 Å². The number of hydrogen-bond acceptors (Lipinski definition) is 4. The van der Waals surface area contributed by atoms with E-state index < -0.39 is 10.0 Å². The zero-order valence-corrected chi connectivity index (χ0v) is 18.5. The molecule has 1 aliphatic heterocycles. The number of piperidine rings is 1. The van der Waals surface area contributed by atoms with Gasteiger partial charge in [0.1, 0.15) is 0 Å². The lowest BCUT2D eigenvalue weighted by molar-refractivity contribution is 0.110. The quantitative estimate of drug-likeness (QED) is 0.725. The summed E-state index contributed by atoms with van der Waals surface area (Å²) in [5, 5.41) is 3.76. The number of sulfonamides is 1. The van der Waals surface area contributed by atoms with Gasteiger partial charge in [0.25, 0.3) is 0 Å². The molecule has 0 amide bonds. The Morgan fingerprint density at radius 2 is 1.96 bits per heavy atom. The molecule has 0 aromatic heterocycles. The molecule has 1 aliphatic carbocycles. The third-order valence-corrected chi connectivity index (χ3v) is 7.47. The summed E-state index contributed by atoms with van der Waals surface area (Å²) in [6.45, 7) is 9.05. The Morgan fingerprint density at radius 1 is 1.21 bits per heavy atom. The SMILES string of the molecule is C[C@H]1CN(CCNC2CCCCC2)CC[C@]1(C)c1cccc(NS(C)(=O)=O)c1. The fourth-order valence-electron chi connectivity index (χ4n) is 4.83. The average Bonchev–Trinajstić information content (AvgIpc) is 2.64. The second kappa shape index (κ2) is 9.14. The van der Waals surface area contributed by atoms with Crippen LogP contribution in [0.4, 0.5) is 5.69 Å². The maximum absolute atomic E-state index is 11.6. The van der Waals surface area contributed by atoms with Gasteiger partial charge in [-0.2, -0.15) is 0 Å². The van der Waals surface area contributed by atoms with E-state index in [0.717, 1.165) is 38.6 Å². The van der Waals surface area contributed by atoms with Crippen molar-refractivity contribution in [3.8, 4) is 0 Å². The Kier molecular flexibility index (Phi) is 7.05. The van der Waals surface area contributed by atoms with E-state index in [4.69, 9.17) is 0 Å². The van der Waals surface area contributed by atoms with Crippen LogP contribution in [0.25, 0.3) is 0 Å². The van der Waals surface area contributed by atoms with Crippen LogP contribution in [0.1, 0.15) is 57.9 Å². The lowest BCUT2D eigenvalue weighted by Crippen LogP contribution is -2.49. The summed E-state index contributed by atoms with van der Waals surface area (Å²) < 4.78 is 25.7. The maximum atomic E-state index is 11.6. The van der Waals surface area contributed by atoms with Gasteiger partial charge in [0.2, 0.25) is 10.0 Å². The molecule has 0 bridgehead atoms. The van der Waals surface area contributed by atoms with Gasteiger partial charge in [-0.15, -0.1) is 0 Å². The second-order valence-corrected chi connectivity index (χ2v) is 10.9. The molecule has 1 aromatic rings. The van der Waals surface area contributed by atoms with Crippen LogP contribution in [0.5, 0.6) is 0 Å². The first kappa shape index (κ1) is 21.6. The highest BCUT2D eigenvalue weighted by Crippen LogP contribution is 2.40. The Bertz CT molecular complexity index is 746. The standard InChI is InChI=1S/C22H37N3O2S/c1-18-17-25(15-13-23-20-9-5-4-6-10-20)14-12-22(18,2)19-8-7-11-21(16-19)24-28(3,26)27/h7-8,11,16,18,20,23-24H,4-6,9-10,12-15,17H2,1-3H3/t18-,22-/m0/s1. The van der Waals surface area contributed by atoms with E-state index in [-0.39, 0.29) is 5.41 Å². The highest BCUT2D eigenvalue weighted by atomic mass is 32.2. The van der Waals surface area contributed by atoms with Crippen LogP contribution in [0, 0.1) is 5.92 Å². The number of nitrogens with one attached hydrogen (secondary N) is 2. The van der Waals surface area contributed by atoms with Crippen LogP contribution in [0.15, 0.2) is 24.3 Å². The highest BCUT2D eigenvalue weighted by molar-refractivity contribution is 7.92. The van der Waals surface area contributed by atoms with Crippen LogP contribution < -0.4 is 10.0 Å². The molecule has 2 aliphatic rings. The van der Waals surface area contributed by atoms with Crippen molar-refractivity contribution in [1.82, 2.24) is 10.2 Å². The van der Waals surface area contributed by atoms with Crippen molar-refractivity contribution >= 4 is 15.7 Å². The van der Waals surface area contributed by atoms with Crippen LogP contribution in [0.3, 0.4) is 0 Å². The number of nitrogens with zero attached hydrogens (tertiary/aromatic N) is 1. The number of likely N-dealkylation sites (tertiary alicyclic amines) is 1. The second-order valence-electron chi connectivity index (χ2n) is 9.11. The zero-order chi connectivity index (χ0) is 20.2. The fourth-order valence-corrected chi connectivity index (χ4v) is 5.39. The van der Waals surface area contributed by atoms with Crippen molar-refractivity contribution in [2.75, 3.05) is 37.2 Å². The summed E-state index contributed by atoms with van der Waals surface area (Å²) in [4.78, 5) is 2.58. The summed E-state index contributed by atoms with van der Waals surface area (Å²) in [6, 6.07) is 8.67. The molecule has 3 rings (SSSR count). The minimum Gasteiger partial charge on any atom is -0.313 e. The molecule has 158 valence electrons. The average molecular weight is 408 g/mol. The molecule has 1 heterocycles. The minimum atomic E-state index is -3.25. The third-order valence-electron chi connectivity index (χ3n) is 6.86. The lowest BCUT2D eigenvalue weighted by atomic mass is 9.68. The van der Waals surface area contributed by atoms with E-state index in [1.807, 2.05) is 18.2 Å². The van der Waals surface area contributed by atoms with E-state index in [1.165, 1.54) is 43.9 Å². The topological polar surface area (TPSA) is 61.4 Å². The maximum Gasteiger partial charge on any atom is 0.229 e. The van der Waals surface area contributed by atoms with Crippen LogP contribution >= 0.6 is 0 Å². The van der Waals surface area contributed by atoms with Gasteiger partial charge in [0.05, 0.1) is 6.26 Å². The number of anilines is 1. The zero-order valence-electron chi connectivity index (χ0n) is 17.7. The van der Waals surface area contributed by atoms with Crippen LogP contribution in [-0.4, -0.2) is 51.8 Å². The minimum absolute atomic E-state index is 0.0719. The molecule has 2 fully saturated rings. The lowest BCUT2D eigenvalue weighted by Gasteiger charge is -2.45. The molecule has 1 saturated carbocycles. The molecule has 0 unspecified atom stereocenters. The summed E-state index contributed by atoms with van der Waals surface area (Å²) in [6.07, 6.45) is 9.14. The normalized spacial score (nSPS) is 27.6. The van der Waals surface area contributed by atoms with Crippen LogP contribution in [-0.2, 0) is 15.4 Å². The molecular formula is C22H37N3O2S. The van der Waals surface area contributed by atoms with E-state index in [0.29, 0.717) is 11.6 Å². The Morgan fingerprint density at radius 3 is 2.64 bits per heavy atom. The Hall–Kier alpha value is -1.11. The third kappa shape index (κ3) is 5.71. The largest absolute Gasteiger partial charge is 0.313 e. The van der Waals surface area contributed by atoms with Gasteiger partial charge in [0, 0.05) is 31.4 Å². The number of benzene rings is 1. The molecule has 1 saturated heterocycles.